The molecular formula is C26H36N9O2-. The Balaban J connectivity index is 1.54. The molecule has 3 aliphatic rings. The predicted octanol–water partition coefficient (Wildman–Crippen LogP) is 3.09. The van der Waals surface area contributed by atoms with Crippen molar-refractivity contribution in [3.63, 3.8) is 0 Å². The molecule has 2 saturated carbocycles. The normalized spacial score (nSPS) is 19.8. The maximum absolute atomic E-state index is 11.7. The van der Waals surface area contributed by atoms with Crippen molar-refractivity contribution in [2.75, 3.05) is 54.9 Å². The molecule has 0 bridgehead atoms. The lowest BCUT2D eigenvalue weighted by Gasteiger charge is -2.33. The molecule has 3 N–H and O–H groups in total. The van der Waals surface area contributed by atoms with Crippen LogP contribution in [-0.2, 0) is 9.47 Å². The lowest BCUT2D eigenvalue weighted by atomic mass is 10.0. The fourth-order valence-corrected chi connectivity index (χ4v) is 4.32. The summed E-state index contributed by atoms with van der Waals surface area (Å²) in [4.78, 5) is 20.3. The van der Waals surface area contributed by atoms with Gasteiger partial charge in [-0.2, -0.15) is 4.98 Å². The molecule has 5 rings (SSSR count). The summed E-state index contributed by atoms with van der Waals surface area (Å²) in [5, 5.41) is 21.9. The molecule has 11 nitrogen and oxygen atoms in total. The molecule has 11 heteroatoms. The first-order chi connectivity index (χ1) is 18.1. The number of rotatable bonds is 13. The zero-order valence-corrected chi connectivity index (χ0v) is 21.6. The van der Waals surface area contributed by atoms with Gasteiger partial charge in [0, 0.05) is 45.0 Å². The van der Waals surface area contributed by atoms with Crippen LogP contribution in [0.25, 0.3) is 5.41 Å². The van der Waals surface area contributed by atoms with Crippen molar-refractivity contribution in [3.05, 3.63) is 41.5 Å². The highest BCUT2D eigenvalue weighted by atomic mass is 16.5. The van der Waals surface area contributed by atoms with Gasteiger partial charge in [0.15, 0.2) is 5.82 Å². The summed E-state index contributed by atoms with van der Waals surface area (Å²) in [6.07, 6.45) is 8.69. The number of ether oxygens (including phenoxy) is 2. The van der Waals surface area contributed by atoms with Crippen molar-refractivity contribution in [3.8, 4) is 0 Å². The first kappa shape index (κ1) is 25.3. The molecule has 2 atom stereocenters. The lowest BCUT2D eigenvalue weighted by Crippen LogP contribution is -2.50. The van der Waals surface area contributed by atoms with Crippen LogP contribution in [0, 0.1) is 5.92 Å². The third-order valence-corrected chi connectivity index (χ3v) is 6.61. The second-order valence-corrected chi connectivity index (χ2v) is 9.80. The third-order valence-electron chi connectivity index (χ3n) is 6.61. The summed E-state index contributed by atoms with van der Waals surface area (Å²) in [5.74, 6) is 1.95. The monoisotopic (exact) mass is 506 g/mol. The van der Waals surface area contributed by atoms with Gasteiger partial charge in [0.2, 0.25) is 5.95 Å². The number of piperazine rings is 1. The molecule has 198 valence electrons. The summed E-state index contributed by atoms with van der Waals surface area (Å²) in [6, 6.07) is 2.08. The minimum absolute atomic E-state index is 0.122. The van der Waals surface area contributed by atoms with Gasteiger partial charge in [-0.25, -0.2) is 15.0 Å². The van der Waals surface area contributed by atoms with E-state index in [1.165, 1.54) is 11.9 Å². The molecule has 0 radical (unpaired) electrons. The van der Waals surface area contributed by atoms with E-state index in [-0.39, 0.29) is 11.6 Å². The maximum Gasteiger partial charge on any atom is 0.228 e. The van der Waals surface area contributed by atoms with Gasteiger partial charge in [-0.05, 0) is 57.1 Å². The van der Waals surface area contributed by atoms with Crippen LogP contribution < -0.4 is 20.9 Å². The highest BCUT2D eigenvalue weighted by molar-refractivity contribution is 6.10. The van der Waals surface area contributed by atoms with Gasteiger partial charge < -0.3 is 35.7 Å². The summed E-state index contributed by atoms with van der Waals surface area (Å²) in [6.45, 7) is 8.13. The highest BCUT2D eigenvalue weighted by Gasteiger charge is 2.35. The Morgan fingerprint density at radius 3 is 2.89 bits per heavy atom. The topological polar surface area (TPSA) is 132 Å². The van der Waals surface area contributed by atoms with E-state index in [9.17, 15) is 5.41 Å². The molecule has 1 aliphatic heterocycles. The molecule has 1 saturated heterocycles. The van der Waals surface area contributed by atoms with E-state index < -0.39 is 6.10 Å². The Bertz CT molecular complexity index is 1100. The highest BCUT2D eigenvalue weighted by Crippen LogP contribution is 2.39. The smallest absolute Gasteiger partial charge is 0.228 e. The first-order valence-corrected chi connectivity index (χ1v) is 13.3. The van der Waals surface area contributed by atoms with Crippen LogP contribution in [0.3, 0.4) is 0 Å². The molecule has 0 amide bonds. The van der Waals surface area contributed by atoms with Gasteiger partial charge in [-0.3, -0.25) is 0 Å². The Hall–Kier alpha value is -3.31. The standard InChI is InChI=1S/C26H36N9O2/c1-3-36-13-11-30-23-22(21(27)24(19-6-7-19)37-15-18-4-5-18)33-26(35-12-10-29-17(2)14-35)34-25(23)32-20-8-9-28-16-31-20/h8-9,15-17,19,24,29-30H,3-7,10-14H2,1-2H3,(H,28,31,32,33,34)/q-1/t17-,24?/m1/s1. The van der Waals surface area contributed by atoms with E-state index in [2.05, 4.69) is 37.7 Å². The van der Waals surface area contributed by atoms with Gasteiger partial charge in [-0.1, -0.05) is 0 Å². The molecule has 2 aliphatic carbocycles. The lowest BCUT2D eigenvalue weighted by molar-refractivity contribution is 0.158. The molecule has 3 heterocycles. The average Bonchev–Trinajstić information content (AvgIpc) is 3.83. The number of aromatic nitrogens is 4. The largest absolute Gasteiger partial charge is 0.803 e. The SMILES string of the molecule is CCOCCNc1c(Nc2ccncn2)nc(N2CCN[C@H](C)C2)nc1C(=[N-])C(OC=C1CC1)C1CC1. The molecule has 2 aromatic rings. The first-order valence-electron chi connectivity index (χ1n) is 13.3. The number of nitrogens with zero attached hydrogens (tertiary/aromatic N) is 6. The zero-order chi connectivity index (χ0) is 25.6. The number of anilines is 4. The van der Waals surface area contributed by atoms with Crippen LogP contribution in [-0.4, -0.2) is 77.2 Å². The van der Waals surface area contributed by atoms with Crippen molar-refractivity contribution in [1.82, 2.24) is 25.3 Å². The van der Waals surface area contributed by atoms with Gasteiger partial charge in [-0.15, -0.1) is 5.71 Å². The molecule has 37 heavy (non-hydrogen) atoms. The Morgan fingerprint density at radius 1 is 1.32 bits per heavy atom. The van der Waals surface area contributed by atoms with Crippen molar-refractivity contribution in [2.45, 2.75) is 51.7 Å². The summed E-state index contributed by atoms with van der Waals surface area (Å²) in [7, 11) is 0. The Morgan fingerprint density at radius 2 is 2.19 bits per heavy atom. The van der Waals surface area contributed by atoms with E-state index in [1.54, 1.807) is 12.3 Å². The summed E-state index contributed by atoms with van der Waals surface area (Å²) >= 11 is 0. The van der Waals surface area contributed by atoms with Crippen molar-refractivity contribution < 1.29 is 9.47 Å². The second kappa shape index (κ2) is 11.8. The van der Waals surface area contributed by atoms with Crippen LogP contribution >= 0.6 is 0 Å². The van der Waals surface area contributed by atoms with Crippen LogP contribution in [0.1, 0.15) is 45.2 Å². The Labute approximate surface area is 218 Å². The van der Waals surface area contributed by atoms with Crippen molar-refractivity contribution in [2.24, 2.45) is 5.92 Å². The van der Waals surface area contributed by atoms with Gasteiger partial charge in [0.1, 0.15) is 23.9 Å². The van der Waals surface area contributed by atoms with E-state index in [1.807, 2.05) is 13.2 Å². The zero-order valence-electron chi connectivity index (χ0n) is 21.6. The van der Waals surface area contributed by atoms with E-state index in [0.29, 0.717) is 54.8 Å². The van der Waals surface area contributed by atoms with Gasteiger partial charge in [0.05, 0.1) is 18.6 Å². The fraction of sp³-hybridized carbons (Fsp3) is 0.577. The van der Waals surface area contributed by atoms with Crippen LogP contribution in [0.5, 0.6) is 0 Å². The molecule has 0 aromatic carbocycles. The Kier molecular flexibility index (Phi) is 8.10. The quantitative estimate of drug-likeness (QED) is 0.211. The molecule has 0 spiro atoms. The van der Waals surface area contributed by atoms with Crippen LogP contribution in [0.15, 0.2) is 30.4 Å². The molecule has 1 unspecified atom stereocenters. The predicted molar refractivity (Wildman–Crippen MR) is 144 cm³/mol. The number of hydrogen-bond acceptors (Lipinski definition) is 10. The van der Waals surface area contributed by atoms with Crippen LogP contribution in [0.2, 0.25) is 0 Å². The number of nitrogens with one attached hydrogen (secondary N) is 3. The third kappa shape index (κ3) is 6.72. The average molecular weight is 507 g/mol. The molecular weight excluding hydrogens is 470 g/mol. The fourth-order valence-electron chi connectivity index (χ4n) is 4.32. The summed E-state index contributed by atoms with van der Waals surface area (Å²) < 4.78 is 11.7. The van der Waals surface area contributed by atoms with E-state index in [4.69, 9.17) is 19.4 Å². The van der Waals surface area contributed by atoms with Crippen molar-refractivity contribution >= 4 is 29.0 Å². The minimum atomic E-state index is -0.447. The number of allylic oxidation sites excluding steroid dienone is 1. The molecule has 3 fully saturated rings. The number of hydrogen-bond donors (Lipinski definition) is 3. The molecule has 2 aromatic heterocycles. The van der Waals surface area contributed by atoms with Crippen molar-refractivity contribution in [1.29, 1.82) is 0 Å². The van der Waals surface area contributed by atoms with E-state index >= 15 is 0 Å². The minimum Gasteiger partial charge on any atom is -0.803 e. The van der Waals surface area contributed by atoms with Crippen LogP contribution in [0.4, 0.5) is 23.3 Å². The van der Waals surface area contributed by atoms with E-state index in [0.717, 1.165) is 45.3 Å². The second-order valence-electron chi connectivity index (χ2n) is 9.80. The summed E-state index contributed by atoms with van der Waals surface area (Å²) in [5.41, 5.74) is 2.43. The maximum atomic E-state index is 11.7. The van der Waals surface area contributed by atoms with Gasteiger partial charge >= 0.3 is 0 Å². The van der Waals surface area contributed by atoms with Gasteiger partial charge in [0.25, 0.3) is 0 Å².